The molecule has 1 saturated heterocycles. The Morgan fingerprint density at radius 1 is 1.41 bits per heavy atom. The average Bonchev–Trinajstić information content (AvgIpc) is 2.62. The molecular formula is C10H12F3NO3. The minimum Gasteiger partial charge on any atom is -0.481 e. The molecule has 1 atom stereocenters. The third-order valence-corrected chi connectivity index (χ3v) is 2.84. The Balaban J connectivity index is 2.95. The number of rotatable bonds is 2. The van der Waals surface area contributed by atoms with Crippen molar-refractivity contribution in [2.45, 2.75) is 19.5 Å². The number of nitrogens with zero attached hydrogens (tertiary/aromatic N) is 1. The number of carbonyl (C=O) groups excluding carboxylic acids is 1. The Labute approximate surface area is 95.7 Å². The lowest BCUT2D eigenvalue weighted by Crippen LogP contribution is -2.47. The smallest absolute Gasteiger partial charge is 0.406 e. The monoisotopic (exact) mass is 251 g/mol. The van der Waals surface area contributed by atoms with E-state index in [0.717, 1.165) is 11.0 Å². The van der Waals surface area contributed by atoms with Gasteiger partial charge < -0.3 is 10.0 Å². The first-order chi connectivity index (χ1) is 7.74. The van der Waals surface area contributed by atoms with Gasteiger partial charge in [-0.2, -0.15) is 13.2 Å². The van der Waals surface area contributed by atoms with Crippen molar-refractivity contribution < 1.29 is 27.9 Å². The van der Waals surface area contributed by atoms with Crippen LogP contribution in [0.1, 0.15) is 13.3 Å². The van der Waals surface area contributed by atoms with E-state index < -0.39 is 36.4 Å². The van der Waals surface area contributed by atoms with Gasteiger partial charge in [0.15, 0.2) is 5.41 Å². The van der Waals surface area contributed by atoms with Crippen molar-refractivity contribution in [3.63, 3.8) is 0 Å². The zero-order valence-electron chi connectivity index (χ0n) is 9.12. The van der Waals surface area contributed by atoms with Gasteiger partial charge >= 0.3 is 12.1 Å². The maximum atomic E-state index is 12.8. The van der Waals surface area contributed by atoms with Crippen LogP contribution < -0.4 is 0 Å². The molecule has 0 bridgehead atoms. The van der Waals surface area contributed by atoms with Gasteiger partial charge in [0.2, 0.25) is 5.91 Å². The zero-order chi connectivity index (χ0) is 13.3. The molecule has 0 saturated carbocycles. The van der Waals surface area contributed by atoms with Gasteiger partial charge in [-0.05, 0) is 19.4 Å². The van der Waals surface area contributed by atoms with Crippen LogP contribution in [-0.2, 0) is 9.59 Å². The van der Waals surface area contributed by atoms with Crippen LogP contribution in [0.3, 0.4) is 0 Å². The van der Waals surface area contributed by atoms with Gasteiger partial charge in [-0.3, -0.25) is 9.59 Å². The number of carboxylic acid groups (broad SMARTS) is 1. The van der Waals surface area contributed by atoms with Gasteiger partial charge in [-0.15, -0.1) is 0 Å². The number of amides is 1. The summed E-state index contributed by atoms with van der Waals surface area (Å²) in [5.41, 5.74) is -2.83. The van der Waals surface area contributed by atoms with Crippen molar-refractivity contribution in [1.29, 1.82) is 0 Å². The van der Waals surface area contributed by atoms with Crippen LogP contribution >= 0.6 is 0 Å². The van der Waals surface area contributed by atoms with Crippen LogP contribution in [0.15, 0.2) is 12.2 Å². The molecule has 1 heterocycles. The second-order valence-electron chi connectivity index (χ2n) is 3.89. The van der Waals surface area contributed by atoms with Gasteiger partial charge in [0.25, 0.3) is 0 Å². The van der Waals surface area contributed by atoms with Crippen molar-refractivity contribution >= 4 is 11.9 Å². The lowest BCUT2D eigenvalue weighted by molar-refractivity contribution is -0.227. The molecule has 0 aromatic heterocycles. The molecule has 1 aliphatic rings. The number of allylic oxidation sites excluding steroid dienone is 1. The number of hydrogen-bond donors (Lipinski definition) is 1. The van der Waals surface area contributed by atoms with Crippen molar-refractivity contribution in [3.05, 3.63) is 12.2 Å². The molecule has 1 N–H and O–H groups in total. The Bertz CT molecular complexity index is 364. The first-order valence-electron chi connectivity index (χ1n) is 4.96. The molecular weight excluding hydrogens is 239 g/mol. The van der Waals surface area contributed by atoms with Crippen LogP contribution in [0.4, 0.5) is 13.2 Å². The van der Waals surface area contributed by atoms with Crippen LogP contribution in [0.5, 0.6) is 0 Å². The number of carbonyl (C=O) groups is 2. The number of aliphatic carboxylic acids is 1. The summed E-state index contributed by atoms with van der Waals surface area (Å²) >= 11 is 0. The summed E-state index contributed by atoms with van der Waals surface area (Å²) in [5.74, 6) is -2.53. The van der Waals surface area contributed by atoms with Gasteiger partial charge in [0, 0.05) is 13.1 Å². The van der Waals surface area contributed by atoms with E-state index in [-0.39, 0.29) is 6.54 Å². The molecule has 0 aliphatic carbocycles. The number of likely N-dealkylation sites (tertiary alicyclic amines) is 1. The molecule has 1 unspecified atom stereocenters. The van der Waals surface area contributed by atoms with Gasteiger partial charge in [-0.1, -0.05) is 6.08 Å². The standard InChI is InChI=1S/C10H12F3NO3/c1-2-3-7(15)14-5-4-9(6-14,8(16)17)10(11,12)13/h2-3H,4-6H2,1H3,(H,16,17)/b3-2+. The zero-order valence-corrected chi connectivity index (χ0v) is 9.12. The van der Waals surface area contributed by atoms with Crippen molar-refractivity contribution in [2.75, 3.05) is 13.1 Å². The van der Waals surface area contributed by atoms with Gasteiger partial charge in [-0.25, -0.2) is 0 Å². The first kappa shape index (κ1) is 13.5. The molecule has 7 heteroatoms. The minimum atomic E-state index is -4.86. The van der Waals surface area contributed by atoms with E-state index in [9.17, 15) is 22.8 Å². The average molecular weight is 251 g/mol. The highest BCUT2D eigenvalue weighted by atomic mass is 19.4. The van der Waals surface area contributed by atoms with Crippen LogP contribution in [0.25, 0.3) is 0 Å². The fourth-order valence-corrected chi connectivity index (χ4v) is 1.77. The fourth-order valence-electron chi connectivity index (χ4n) is 1.77. The quantitative estimate of drug-likeness (QED) is 0.755. The molecule has 1 fully saturated rings. The maximum Gasteiger partial charge on any atom is 0.406 e. The predicted molar refractivity (Wildman–Crippen MR) is 52.1 cm³/mol. The Kier molecular flexibility index (Phi) is 3.49. The molecule has 0 aromatic carbocycles. The SMILES string of the molecule is C/C=C/C(=O)N1CCC(C(=O)O)(C(F)(F)F)C1. The molecule has 96 valence electrons. The third-order valence-electron chi connectivity index (χ3n) is 2.84. The second-order valence-corrected chi connectivity index (χ2v) is 3.89. The van der Waals surface area contributed by atoms with Crippen molar-refractivity contribution in [1.82, 2.24) is 4.90 Å². The molecule has 0 spiro atoms. The highest BCUT2D eigenvalue weighted by Crippen LogP contribution is 2.45. The summed E-state index contributed by atoms with van der Waals surface area (Å²) in [6.07, 6.45) is -2.94. The molecule has 0 aromatic rings. The van der Waals surface area contributed by atoms with E-state index in [1.54, 1.807) is 6.92 Å². The summed E-state index contributed by atoms with van der Waals surface area (Å²) < 4.78 is 38.3. The van der Waals surface area contributed by atoms with E-state index in [1.165, 1.54) is 6.08 Å². The van der Waals surface area contributed by atoms with Crippen molar-refractivity contribution in [3.8, 4) is 0 Å². The van der Waals surface area contributed by atoms with Gasteiger partial charge in [0.1, 0.15) is 0 Å². The van der Waals surface area contributed by atoms with Gasteiger partial charge in [0.05, 0.1) is 0 Å². The van der Waals surface area contributed by atoms with E-state index in [0.29, 0.717) is 0 Å². The summed E-state index contributed by atoms with van der Waals surface area (Å²) in [6.45, 7) is 0.534. The second kappa shape index (κ2) is 4.38. The number of halogens is 3. The van der Waals surface area contributed by atoms with E-state index in [1.807, 2.05) is 0 Å². The van der Waals surface area contributed by atoms with E-state index in [4.69, 9.17) is 5.11 Å². The molecule has 1 aliphatic heterocycles. The van der Waals surface area contributed by atoms with Crippen molar-refractivity contribution in [2.24, 2.45) is 5.41 Å². The normalized spacial score (nSPS) is 25.5. The molecule has 0 radical (unpaired) electrons. The lowest BCUT2D eigenvalue weighted by atomic mass is 9.86. The largest absolute Gasteiger partial charge is 0.481 e. The molecule has 1 rings (SSSR count). The molecule has 1 amide bonds. The van der Waals surface area contributed by atoms with E-state index >= 15 is 0 Å². The van der Waals surface area contributed by atoms with E-state index in [2.05, 4.69) is 0 Å². The summed E-state index contributed by atoms with van der Waals surface area (Å²) in [4.78, 5) is 23.1. The Morgan fingerprint density at radius 3 is 2.35 bits per heavy atom. The molecule has 4 nitrogen and oxygen atoms in total. The maximum absolute atomic E-state index is 12.8. The summed E-state index contributed by atoms with van der Waals surface area (Å²) in [5, 5.41) is 8.75. The highest BCUT2D eigenvalue weighted by Gasteiger charge is 2.64. The molecule has 17 heavy (non-hydrogen) atoms. The number of carboxylic acids is 1. The summed E-state index contributed by atoms with van der Waals surface area (Å²) in [7, 11) is 0. The number of alkyl halides is 3. The first-order valence-corrected chi connectivity index (χ1v) is 4.96. The lowest BCUT2D eigenvalue weighted by Gasteiger charge is -2.26. The third kappa shape index (κ3) is 2.27. The van der Waals surface area contributed by atoms with Crippen LogP contribution in [0, 0.1) is 5.41 Å². The Morgan fingerprint density at radius 2 is 2.00 bits per heavy atom. The van der Waals surface area contributed by atoms with Crippen LogP contribution in [0.2, 0.25) is 0 Å². The summed E-state index contributed by atoms with van der Waals surface area (Å²) in [6, 6.07) is 0. The van der Waals surface area contributed by atoms with Crippen LogP contribution in [-0.4, -0.2) is 41.1 Å². The predicted octanol–water partition coefficient (Wildman–Crippen LogP) is 1.43. The Hall–Kier alpha value is -1.53. The highest BCUT2D eigenvalue weighted by molar-refractivity contribution is 5.89. The fraction of sp³-hybridized carbons (Fsp3) is 0.600. The minimum absolute atomic E-state index is 0.199. The number of hydrogen-bond acceptors (Lipinski definition) is 2. The topological polar surface area (TPSA) is 57.6 Å².